The molecule has 1 spiro atoms. The van der Waals surface area contributed by atoms with E-state index in [1.54, 1.807) is 0 Å². The van der Waals surface area contributed by atoms with Crippen LogP contribution in [0.4, 0.5) is 0 Å². The summed E-state index contributed by atoms with van der Waals surface area (Å²) >= 11 is 0. The number of likely N-dealkylation sites (tertiary alicyclic amines) is 1. The van der Waals surface area contributed by atoms with Crippen molar-refractivity contribution in [3.8, 4) is 6.07 Å². The lowest BCUT2D eigenvalue weighted by Crippen LogP contribution is -2.43. The van der Waals surface area contributed by atoms with Gasteiger partial charge in [0.2, 0.25) is 5.91 Å². The van der Waals surface area contributed by atoms with Crippen molar-refractivity contribution in [3.05, 3.63) is 47.5 Å². The summed E-state index contributed by atoms with van der Waals surface area (Å²) in [6.45, 7) is 5.20. The molecule has 1 atom stereocenters. The molecule has 140 valence electrons. The molecule has 1 aromatic rings. The van der Waals surface area contributed by atoms with Crippen LogP contribution in [0.25, 0.3) is 0 Å². The first-order valence-electron chi connectivity index (χ1n) is 9.85. The second kappa shape index (κ2) is 6.34. The predicted molar refractivity (Wildman–Crippen MR) is 103 cm³/mol. The van der Waals surface area contributed by atoms with Crippen LogP contribution in [0, 0.1) is 28.1 Å². The van der Waals surface area contributed by atoms with Crippen molar-refractivity contribution in [2.45, 2.75) is 45.4 Å². The number of carbonyl (C=O) groups excluding carboxylic acids is 2. The molecule has 4 rings (SSSR count). The van der Waals surface area contributed by atoms with Crippen LogP contribution in [0.3, 0.4) is 0 Å². The van der Waals surface area contributed by atoms with Crippen LogP contribution in [-0.2, 0) is 9.59 Å². The Morgan fingerprint density at radius 2 is 1.93 bits per heavy atom. The van der Waals surface area contributed by atoms with Gasteiger partial charge in [-0.05, 0) is 37.2 Å². The van der Waals surface area contributed by atoms with Crippen LogP contribution < -0.4 is 0 Å². The van der Waals surface area contributed by atoms with E-state index in [2.05, 4.69) is 30.3 Å². The third-order valence-corrected chi connectivity index (χ3v) is 6.68. The number of Topliss-reactive ketones (excluding diaryl/α,β-unsaturated/α-hetero) is 1. The molecule has 2 aliphatic carbocycles. The summed E-state index contributed by atoms with van der Waals surface area (Å²) in [5.41, 5.74) is 0.843. The number of hydrogen-bond donors (Lipinski definition) is 0. The van der Waals surface area contributed by atoms with E-state index in [0.29, 0.717) is 18.9 Å². The van der Waals surface area contributed by atoms with Gasteiger partial charge in [0.05, 0.1) is 5.57 Å². The zero-order valence-corrected chi connectivity index (χ0v) is 16.1. The minimum atomic E-state index is -0.534. The molecule has 0 N–H and O–H groups in total. The Labute approximate surface area is 160 Å². The summed E-state index contributed by atoms with van der Waals surface area (Å²) in [6.07, 6.45) is 5.27. The van der Waals surface area contributed by atoms with Gasteiger partial charge in [-0.15, -0.1) is 0 Å². The lowest BCUT2D eigenvalue weighted by atomic mass is 9.64. The standard InChI is InChI=1S/C23H26N2O2/c1-22(2)14-23(12-19(13-24)20(22)26)8-9-25(15-23)21(27)18-10-17(11-18)16-6-4-3-5-7-16/h3-7,12,17-18H,8-11,14-15H2,1-2H3/t17?,18?,23-/m1/s1. The molecule has 1 amide bonds. The fraction of sp³-hybridized carbons (Fsp3) is 0.522. The maximum absolute atomic E-state index is 13.0. The highest BCUT2D eigenvalue weighted by Crippen LogP contribution is 2.49. The number of nitriles is 1. The fourth-order valence-electron chi connectivity index (χ4n) is 5.25. The molecule has 1 heterocycles. The minimum absolute atomic E-state index is 0.0647. The summed E-state index contributed by atoms with van der Waals surface area (Å²) < 4.78 is 0. The summed E-state index contributed by atoms with van der Waals surface area (Å²) in [6, 6.07) is 12.5. The molecule has 3 aliphatic rings. The van der Waals surface area contributed by atoms with Gasteiger partial charge in [-0.1, -0.05) is 50.3 Å². The Morgan fingerprint density at radius 1 is 1.22 bits per heavy atom. The van der Waals surface area contributed by atoms with E-state index in [9.17, 15) is 14.9 Å². The van der Waals surface area contributed by atoms with Gasteiger partial charge < -0.3 is 4.90 Å². The number of amides is 1. The topological polar surface area (TPSA) is 61.2 Å². The second-order valence-corrected chi connectivity index (χ2v) is 9.21. The minimum Gasteiger partial charge on any atom is -0.342 e. The zero-order chi connectivity index (χ0) is 19.2. The van der Waals surface area contributed by atoms with Crippen molar-refractivity contribution in [3.63, 3.8) is 0 Å². The summed E-state index contributed by atoms with van der Waals surface area (Å²) in [7, 11) is 0. The van der Waals surface area contributed by atoms with Gasteiger partial charge in [-0.2, -0.15) is 5.26 Å². The van der Waals surface area contributed by atoms with Crippen molar-refractivity contribution in [1.29, 1.82) is 5.26 Å². The van der Waals surface area contributed by atoms with Gasteiger partial charge in [-0.25, -0.2) is 0 Å². The Hall–Kier alpha value is -2.41. The third kappa shape index (κ3) is 3.10. The number of allylic oxidation sites excluding steroid dienone is 1. The van der Waals surface area contributed by atoms with E-state index in [-0.39, 0.29) is 28.6 Å². The second-order valence-electron chi connectivity index (χ2n) is 9.21. The molecule has 4 nitrogen and oxygen atoms in total. The van der Waals surface area contributed by atoms with Crippen LogP contribution >= 0.6 is 0 Å². The number of benzene rings is 1. The Kier molecular flexibility index (Phi) is 4.22. The molecule has 0 aromatic heterocycles. The van der Waals surface area contributed by atoms with E-state index < -0.39 is 5.41 Å². The fourth-order valence-corrected chi connectivity index (χ4v) is 5.25. The van der Waals surface area contributed by atoms with Crippen LogP contribution in [0.1, 0.15) is 51.0 Å². The van der Waals surface area contributed by atoms with E-state index in [1.165, 1.54) is 5.56 Å². The van der Waals surface area contributed by atoms with Gasteiger partial charge >= 0.3 is 0 Å². The van der Waals surface area contributed by atoms with Crippen LogP contribution in [0.5, 0.6) is 0 Å². The van der Waals surface area contributed by atoms with Crippen molar-refractivity contribution in [1.82, 2.24) is 4.90 Å². The lowest BCUT2D eigenvalue weighted by molar-refractivity contribution is -0.138. The number of hydrogen-bond acceptors (Lipinski definition) is 3. The lowest BCUT2D eigenvalue weighted by Gasteiger charge is -2.40. The molecule has 0 radical (unpaired) electrons. The predicted octanol–water partition coefficient (Wildman–Crippen LogP) is 3.85. The summed E-state index contributed by atoms with van der Waals surface area (Å²) in [5, 5.41) is 9.37. The normalized spacial score (nSPS) is 32.0. The maximum atomic E-state index is 13.0. The number of ketones is 1. The van der Waals surface area contributed by atoms with E-state index in [1.807, 2.05) is 30.9 Å². The van der Waals surface area contributed by atoms with Crippen molar-refractivity contribution in [2.24, 2.45) is 16.7 Å². The van der Waals surface area contributed by atoms with Crippen LogP contribution in [-0.4, -0.2) is 29.7 Å². The Morgan fingerprint density at radius 3 is 2.59 bits per heavy atom. The van der Waals surface area contributed by atoms with E-state index in [0.717, 1.165) is 25.8 Å². The van der Waals surface area contributed by atoms with Crippen LogP contribution in [0.15, 0.2) is 42.0 Å². The molecule has 27 heavy (non-hydrogen) atoms. The Bertz CT molecular complexity index is 843. The molecule has 0 unspecified atom stereocenters. The molecule has 4 heteroatoms. The van der Waals surface area contributed by atoms with Crippen LogP contribution in [0.2, 0.25) is 0 Å². The van der Waals surface area contributed by atoms with Gasteiger partial charge in [0.15, 0.2) is 5.78 Å². The van der Waals surface area contributed by atoms with Gasteiger partial charge in [0.25, 0.3) is 0 Å². The molecule has 0 bridgehead atoms. The molecule has 1 aliphatic heterocycles. The first kappa shape index (κ1) is 18.0. The van der Waals surface area contributed by atoms with Crippen molar-refractivity contribution in [2.75, 3.05) is 13.1 Å². The average Bonchev–Trinajstić information content (AvgIpc) is 3.01. The summed E-state index contributed by atoms with van der Waals surface area (Å²) in [4.78, 5) is 27.4. The zero-order valence-electron chi connectivity index (χ0n) is 16.1. The highest BCUT2D eigenvalue weighted by Gasteiger charge is 2.50. The quantitative estimate of drug-likeness (QED) is 0.803. The average molecular weight is 362 g/mol. The number of nitrogens with zero attached hydrogens (tertiary/aromatic N) is 2. The van der Waals surface area contributed by atoms with Crippen molar-refractivity contribution >= 4 is 11.7 Å². The number of carbonyl (C=O) groups is 2. The van der Waals surface area contributed by atoms with E-state index in [4.69, 9.17) is 0 Å². The molecular formula is C23H26N2O2. The van der Waals surface area contributed by atoms with Gasteiger partial charge in [0, 0.05) is 29.8 Å². The number of rotatable bonds is 2. The molecular weight excluding hydrogens is 336 g/mol. The third-order valence-electron chi connectivity index (χ3n) is 6.68. The highest BCUT2D eigenvalue weighted by molar-refractivity contribution is 6.03. The monoisotopic (exact) mass is 362 g/mol. The van der Waals surface area contributed by atoms with E-state index >= 15 is 0 Å². The first-order chi connectivity index (χ1) is 12.8. The molecule has 1 aromatic carbocycles. The van der Waals surface area contributed by atoms with Gasteiger partial charge in [0.1, 0.15) is 6.07 Å². The maximum Gasteiger partial charge on any atom is 0.225 e. The SMILES string of the molecule is CC1(C)C[C@]2(C=C(C#N)C1=O)CCN(C(=O)C1CC(c3ccccc3)C1)C2. The largest absolute Gasteiger partial charge is 0.342 e. The highest BCUT2D eigenvalue weighted by atomic mass is 16.2. The smallest absolute Gasteiger partial charge is 0.225 e. The molecule has 1 saturated carbocycles. The molecule has 2 fully saturated rings. The first-order valence-corrected chi connectivity index (χ1v) is 9.85. The molecule has 1 saturated heterocycles. The van der Waals surface area contributed by atoms with Crippen molar-refractivity contribution < 1.29 is 9.59 Å². The van der Waals surface area contributed by atoms with Gasteiger partial charge in [-0.3, -0.25) is 9.59 Å². The Balaban J connectivity index is 1.43. The summed E-state index contributed by atoms with van der Waals surface area (Å²) in [5.74, 6) is 0.793.